The van der Waals surface area contributed by atoms with Crippen LogP contribution in [-0.4, -0.2) is 38.7 Å². The van der Waals surface area contributed by atoms with Gasteiger partial charge in [-0.3, -0.25) is 4.79 Å². The van der Waals surface area contributed by atoms with Crippen LogP contribution in [0.5, 0.6) is 0 Å². The summed E-state index contributed by atoms with van der Waals surface area (Å²) in [6, 6.07) is 10.4. The Morgan fingerprint density at radius 1 is 1.12 bits per heavy atom. The number of nitrogens with zero attached hydrogens (tertiary/aromatic N) is 2. The van der Waals surface area contributed by atoms with Crippen molar-refractivity contribution in [2.75, 3.05) is 18.9 Å². The molecule has 1 saturated heterocycles. The van der Waals surface area contributed by atoms with Gasteiger partial charge in [0.1, 0.15) is 5.84 Å². The molecule has 10 heteroatoms. The molecular formula is C22H24F3N3O3S. The Morgan fingerprint density at radius 2 is 1.75 bits per heavy atom. The predicted molar refractivity (Wildman–Crippen MR) is 116 cm³/mol. The number of rotatable bonds is 6. The monoisotopic (exact) mass is 467 g/mol. The highest BCUT2D eigenvalue weighted by molar-refractivity contribution is 7.90. The van der Waals surface area contributed by atoms with E-state index < -0.39 is 21.8 Å². The highest BCUT2D eigenvalue weighted by Crippen LogP contribution is 2.30. The highest BCUT2D eigenvalue weighted by Gasteiger charge is 2.30. The lowest BCUT2D eigenvalue weighted by Gasteiger charge is -2.14. The van der Waals surface area contributed by atoms with Gasteiger partial charge in [-0.2, -0.15) is 21.6 Å². The molecular weight excluding hydrogens is 443 g/mol. The van der Waals surface area contributed by atoms with Gasteiger partial charge in [0.15, 0.2) is 0 Å². The summed E-state index contributed by atoms with van der Waals surface area (Å²) in [5, 5.41) is 2.68. The van der Waals surface area contributed by atoms with Crippen LogP contribution in [0.2, 0.25) is 0 Å². The van der Waals surface area contributed by atoms with E-state index in [1.54, 1.807) is 14.0 Å². The molecule has 1 amide bonds. The van der Waals surface area contributed by atoms with Crippen molar-refractivity contribution in [3.05, 3.63) is 59.7 Å². The second-order valence-corrected chi connectivity index (χ2v) is 9.41. The van der Waals surface area contributed by atoms with Gasteiger partial charge in [0, 0.05) is 32.1 Å². The van der Waals surface area contributed by atoms with E-state index in [-0.39, 0.29) is 23.1 Å². The molecule has 1 fully saturated rings. The van der Waals surface area contributed by atoms with E-state index in [1.165, 1.54) is 36.4 Å². The summed E-state index contributed by atoms with van der Waals surface area (Å²) >= 11 is 0. The van der Waals surface area contributed by atoms with E-state index in [1.807, 2.05) is 4.90 Å². The second-order valence-electron chi connectivity index (χ2n) is 7.81. The minimum Gasteiger partial charge on any atom is -0.362 e. The zero-order valence-electron chi connectivity index (χ0n) is 17.7. The Morgan fingerprint density at radius 3 is 2.28 bits per heavy atom. The van der Waals surface area contributed by atoms with Gasteiger partial charge in [-0.15, -0.1) is 4.40 Å². The number of amides is 1. The fourth-order valence-electron chi connectivity index (χ4n) is 3.42. The van der Waals surface area contributed by atoms with Crippen LogP contribution < -0.4 is 5.32 Å². The van der Waals surface area contributed by atoms with Gasteiger partial charge < -0.3 is 10.2 Å². The van der Waals surface area contributed by atoms with Crippen molar-refractivity contribution in [3.8, 4) is 0 Å². The first-order valence-electron chi connectivity index (χ1n) is 10.1. The van der Waals surface area contributed by atoms with Crippen LogP contribution in [0.15, 0.2) is 57.8 Å². The second kappa shape index (κ2) is 9.32. The summed E-state index contributed by atoms with van der Waals surface area (Å²) in [6.45, 7) is 2.52. The molecule has 1 atom stereocenters. The van der Waals surface area contributed by atoms with Gasteiger partial charge in [0.2, 0.25) is 5.91 Å². The lowest BCUT2D eigenvalue weighted by atomic mass is 9.96. The van der Waals surface area contributed by atoms with Gasteiger partial charge in [-0.05, 0) is 54.3 Å². The van der Waals surface area contributed by atoms with Crippen LogP contribution in [0.4, 0.5) is 18.9 Å². The number of amidine groups is 1. The number of benzene rings is 2. The third-order valence-electron chi connectivity index (χ3n) is 5.29. The van der Waals surface area contributed by atoms with E-state index in [0.29, 0.717) is 23.5 Å². The largest absolute Gasteiger partial charge is 0.416 e. The predicted octanol–water partition coefficient (Wildman–Crippen LogP) is 4.65. The summed E-state index contributed by atoms with van der Waals surface area (Å²) < 4.78 is 66.9. The molecule has 1 aliphatic heterocycles. The van der Waals surface area contributed by atoms with Crippen molar-refractivity contribution < 1.29 is 26.4 Å². The number of halogens is 3. The zero-order chi connectivity index (χ0) is 23.5. The number of anilines is 1. The molecule has 1 heterocycles. The summed E-state index contributed by atoms with van der Waals surface area (Å²) in [7, 11) is -2.04. The van der Waals surface area contributed by atoms with Crippen LogP contribution in [-0.2, 0) is 21.0 Å². The Kier molecular flexibility index (Phi) is 6.92. The number of hydrogen-bond donors (Lipinski definition) is 1. The van der Waals surface area contributed by atoms with Crippen molar-refractivity contribution in [3.63, 3.8) is 0 Å². The molecule has 2 aromatic carbocycles. The molecule has 2 aromatic rings. The van der Waals surface area contributed by atoms with Gasteiger partial charge >= 0.3 is 6.18 Å². The molecule has 1 unspecified atom stereocenters. The van der Waals surface area contributed by atoms with Gasteiger partial charge in [0.05, 0.1) is 10.5 Å². The fraction of sp³-hybridized carbons (Fsp3) is 0.364. The summed E-state index contributed by atoms with van der Waals surface area (Å²) in [4.78, 5) is 14.2. The average Bonchev–Trinajstić information content (AvgIpc) is 3.11. The summed E-state index contributed by atoms with van der Waals surface area (Å²) in [5.74, 6) is -0.100. The van der Waals surface area contributed by atoms with Gasteiger partial charge in [-0.1, -0.05) is 19.1 Å². The van der Waals surface area contributed by atoms with Crippen LogP contribution >= 0.6 is 0 Å². The van der Waals surface area contributed by atoms with E-state index in [4.69, 9.17) is 0 Å². The SMILES string of the molecule is CC(CC(=O)Nc1ccc(S(=O)(=O)/N=C2/CCCN2C)cc1)c1ccc(C(F)(F)F)cc1. The molecule has 3 rings (SSSR count). The molecule has 1 aliphatic rings. The normalized spacial score (nSPS) is 16.9. The van der Waals surface area contributed by atoms with Crippen molar-refractivity contribution in [1.82, 2.24) is 4.90 Å². The molecule has 172 valence electrons. The Bertz CT molecular complexity index is 1100. The van der Waals surface area contributed by atoms with E-state index >= 15 is 0 Å². The van der Waals surface area contributed by atoms with Crippen molar-refractivity contribution in [2.45, 2.75) is 43.2 Å². The molecule has 32 heavy (non-hydrogen) atoms. The number of likely N-dealkylation sites (tertiary alicyclic amines) is 1. The first-order valence-corrected chi connectivity index (χ1v) is 11.5. The first-order chi connectivity index (χ1) is 15.0. The van der Waals surface area contributed by atoms with Crippen molar-refractivity contribution in [2.24, 2.45) is 4.40 Å². The molecule has 0 spiro atoms. The zero-order valence-corrected chi connectivity index (χ0v) is 18.5. The van der Waals surface area contributed by atoms with Crippen LogP contribution in [0.25, 0.3) is 0 Å². The number of carbonyl (C=O) groups is 1. The minimum absolute atomic E-state index is 0.0291. The standard InChI is InChI=1S/C22H24F3N3O3S/c1-15(16-5-7-17(8-6-16)22(23,24)25)14-21(29)26-18-9-11-19(12-10-18)32(30,31)27-20-4-3-13-28(20)2/h5-12,15H,3-4,13-14H2,1-2H3,(H,26,29)/b27-20-. The van der Waals surface area contributed by atoms with Crippen LogP contribution in [0.1, 0.15) is 43.2 Å². The van der Waals surface area contributed by atoms with Gasteiger partial charge in [-0.25, -0.2) is 0 Å². The third kappa shape index (κ3) is 5.87. The fourth-order valence-corrected chi connectivity index (χ4v) is 4.51. The molecule has 0 radical (unpaired) electrons. The lowest BCUT2D eigenvalue weighted by molar-refractivity contribution is -0.137. The smallest absolute Gasteiger partial charge is 0.362 e. The maximum absolute atomic E-state index is 12.7. The minimum atomic E-state index is -4.40. The number of alkyl halides is 3. The number of carbonyl (C=O) groups excluding carboxylic acids is 1. The molecule has 1 N–H and O–H groups in total. The van der Waals surface area contributed by atoms with Crippen LogP contribution in [0.3, 0.4) is 0 Å². The third-order valence-corrected chi connectivity index (χ3v) is 6.61. The Balaban J connectivity index is 1.61. The molecule has 0 bridgehead atoms. The van der Waals surface area contributed by atoms with E-state index in [9.17, 15) is 26.4 Å². The summed E-state index contributed by atoms with van der Waals surface area (Å²) in [6.07, 6.45) is -2.87. The lowest BCUT2D eigenvalue weighted by Crippen LogP contribution is -2.20. The molecule has 0 aromatic heterocycles. The maximum atomic E-state index is 12.7. The number of nitrogens with one attached hydrogen (secondary N) is 1. The topological polar surface area (TPSA) is 78.8 Å². The molecule has 0 saturated carbocycles. The van der Waals surface area contributed by atoms with Gasteiger partial charge in [0.25, 0.3) is 10.0 Å². The highest BCUT2D eigenvalue weighted by atomic mass is 32.2. The van der Waals surface area contributed by atoms with Crippen molar-refractivity contribution in [1.29, 1.82) is 0 Å². The van der Waals surface area contributed by atoms with Crippen molar-refractivity contribution >= 4 is 27.5 Å². The van der Waals surface area contributed by atoms with E-state index in [2.05, 4.69) is 9.71 Å². The van der Waals surface area contributed by atoms with E-state index in [0.717, 1.165) is 25.1 Å². The average molecular weight is 468 g/mol. The number of sulfonamides is 1. The first kappa shape index (κ1) is 23.8. The Hall–Kier alpha value is -2.88. The molecule has 6 nitrogen and oxygen atoms in total. The van der Waals surface area contributed by atoms with Crippen LogP contribution in [0, 0.1) is 0 Å². The Labute approximate surface area is 185 Å². The quantitative estimate of drug-likeness (QED) is 0.671. The summed E-state index contributed by atoms with van der Waals surface area (Å²) in [5.41, 5.74) is 0.294. The number of hydrogen-bond acceptors (Lipinski definition) is 3. The maximum Gasteiger partial charge on any atom is 0.416 e. The molecule has 0 aliphatic carbocycles.